The van der Waals surface area contributed by atoms with Crippen molar-refractivity contribution in [3.63, 3.8) is 0 Å². The molecule has 4 aliphatic carbocycles. The lowest BCUT2D eigenvalue weighted by Gasteiger charge is -2.61. The lowest BCUT2D eigenvalue weighted by Crippen LogP contribution is -2.58. The lowest BCUT2D eigenvalue weighted by molar-refractivity contribution is -0.166. The summed E-state index contributed by atoms with van der Waals surface area (Å²) in [6, 6.07) is 2.57. The molecule has 1 N–H and O–H groups in total. The second-order valence-electron chi connectivity index (χ2n) is 9.36. The van der Waals surface area contributed by atoms with E-state index in [1.165, 1.54) is 44.9 Å². The summed E-state index contributed by atoms with van der Waals surface area (Å²) in [7, 11) is 0. The second-order valence-corrected chi connectivity index (χ2v) is 9.36. The average molecular weight is 301 g/mol. The van der Waals surface area contributed by atoms with Gasteiger partial charge in [-0.15, -0.1) is 0 Å². The molecule has 8 atom stereocenters. The van der Waals surface area contributed by atoms with E-state index in [1.54, 1.807) is 0 Å². The minimum Gasteiger partial charge on any atom is -0.393 e. The molecule has 0 heterocycles. The topological polar surface area (TPSA) is 44.0 Å². The molecule has 0 aromatic carbocycles. The van der Waals surface area contributed by atoms with Gasteiger partial charge in [-0.05, 0) is 79.4 Å². The van der Waals surface area contributed by atoms with Crippen LogP contribution in [0.3, 0.4) is 0 Å². The normalized spacial score (nSPS) is 57.4. The molecule has 0 saturated heterocycles. The fourth-order valence-electron chi connectivity index (χ4n) is 7.63. The molecule has 122 valence electrons. The first kappa shape index (κ1) is 15.0. The van der Waals surface area contributed by atoms with E-state index in [4.69, 9.17) is 0 Å². The lowest BCUT2D eigenvalue weighted by atomic mass is 9.44. The van der Waals surface area contributed by atoms with Crippen molar-refractivity contribution in [3.05, 3.63) is 0 Å². The molecular formula is C20H31NO. The van der Waals surface area contributed by atoms with Crippen molar-refractivity contribution in [1.82, 2.24) is 0 Å². The minimum absolute atomic E-state index is 0.0766. The quantitative estimate of drug-likeness (QED) is 0.714. The Morgan fingerprint density at radius 2 is 1.82 bits per heavy atom. The summed E-state index contributed by atoms with van der Waals surface area (Å²) in [5, 5.41) is 20.7. The highest BCUT2D eigenvalue weighted by atomic mass is 16.3. The van der Waals surface area contributed by atoms with Gasteiger partial charge < -0.3 is 5.11 Å². The molecule has 0 amide bonds. The Labute approximate surface area is 135 Å². The number of nitriles is 1. The Balaban J connectivity index is 1.70. The van der Waals surface area contributed by atoms with Gasteiger partial charge in [-0.1, -0.05) is 26.7 Å². The highest BCUT2D eigenvalue weighted by Crippen LogP contribution is 2.67. The summed E-state index contributed by atoms with van der Waals surface area (Å²) >= 11 is 0. The molecule has 4 aliphatic rings. The van der Waals surface area contributed by atoms with Crippen LogP contribution < -0.4 is 0 Å². The van der Waals surface area contributed by atoms with Crippen LogP contribution in [0.2, 0.25) is 0 Å². The summed E-state index contributed by atoms with van der Waals surface area (Å²) in [6.07, 6.45) is 11.1. The molecule has 0 spiro atoms. The van der Waals surface area contributed by atoms with Gasteiger partial charge in [-0.2, -0.15) is 5.26 Å². The van der Waals surface area contributed by atoms with Gasteiger partial charge in [0.25, 0.3) is 0 Å². The van der Waals surface area contributed by atoms with Crippen molar-refractivity contribution in [1.29, 1.82) is 5.26 Å². The predicted octanol–water partition coefficient (Wildman–Crippen LogP) is 4.53. The van der Waals surface area contributed by atoms with Gasteiger partial charge in [0, 0.05) is 0 Å². The maximum Gasteiger partial charge on any atom is 0.0661 e. The summed E-state index contributed by atoms with van der Waals surface area (Å²) in [5.74, 6) is 2.87. The van der Waals surface area contributed by atoms with Crippen LogP contribution in [0.4, 0.5) is 0 Å². The second kappa shape index (κ2) is 4.97. The summed E-state index contributed by atoms with van der Waals surface area (Å²) in [4.78, 5) is 0. The van der Waals surface area contributed by atoms with Crippen molar-refractivity contribution >= 4 is 0 Å². The molecule has 0 bridgehead atoms. The van der Waals surface area contributed by atoms with Gasteiger partial charge in [-0.3, -0.25) is 0 Å². The van der Waals surface area contributed by atoms with Crippen molar-refractivity contribution in [3.8, 4) is 6.07 Å². The largest absolute Gasteiger partial charge is 0.393 e. The van der Waals surface area contributed by atoms with E-state index in [9.17, 15) is 10.4 Å². The maximum absolute atomic E-state index is 11.1. The predicted molar refractivity (Wildman–Crippen MR) is 86.8 cm³/mol. The van der Waals surface area contributed by atoms with Crippen LogP contribution in [0.5, 0.6) is 0 Å². The molecule has 0 unspecified atom stereocenters. The summed E-state index contributed by atoms with van der Waals surface area (Å²) in [5.41, 5.74) is 0.444. The number of fused-ring (bicyclic) bond motifs is 5. The van der Waals surface area contributed by atoms with E-state index in [0.717, 1.165) is 18.8 Å². The third-order valence-electron chi connectivity index (χ3n) is 8.67. The maximum atomic E-state index is 11.1. The average Bonchev–Trinajstić information content (AvgIpc) is 2.82. The Morgan fingerprint density at radius 1 is 1.00 bits per heavy atom. The van der Waals surface area contributed by atoms with E-state index in [2.05, 4.69) is 19.9 Å². The Morgan fingerprint density at radius 3 is 2.59 bits per heavy atom. The van der Waals surface area contributed by atoms with Crippen LogP contribution in [0.1, 0.15) is 71.6 Å². The number of hydrogen-bond donors (Lipinski definition) is 1. The zero-order valence-corrected chi connectivity index (χ0v) is 14.2. The van der Waals surface area contributed by atoms with Gasteiger partial charge >= 0.3 is 0 Å². The molecule has 4 saturated carbocycles. The van der Waals surface area contributed by atoms with Crippen LogP contribution >= 0.6 is 0 Å². The van der Waals surface area contributed by atoms with Crippen molar-refractivity contribution in [2.45, 2.75) is 77.7 Å². The molecule has 2 nitrogen and oxygen atoms in total. The number of hydrogen-bond acceptors (Lipinski definition) is 2. The monoisotopic (exact) mass is 301 g/mol. The van der Waals surface area contributed by atoms with Crippen LogP contribution in [-0.2, 0) is 0 Å². The van der Waals surface area contributed by atoms with Gasteiger partial charge in [0.1, 0.15) is 0 Å². The van der Waals surface area contributed by atoms with Crippen LogP contribution in [-0.4, -0.2) is 11.2 Å². The summed E-state index contributed by atoms with van der Waals surface area (Å²) in [6.45, 7) is 4.81. The van der Waals surface area contributed by atoms with Gasteiger partial charge in [0.2, 0.25) is 0 Å². The third kappa shape index (κ3) is 1.81. The first-order chi connectivity index (χ1) is 10.5. The smallest absolute Gasteiger partial charge is 0.0661 e. The molecule has 0 aromatic heterocycles. The minimum atomic E-state index is -0.175. The fraction of sp³-hybridized carbons (Fsp3) is 0.950. The molecule has 2 heteroatoms. The molecular weight excluding hydrogens is 270 g/mol. The molecule has 4 rings (SSSR count). The highest BCUT2D eigenvalue weighted by molar-refractivity contribution is 5.14. The third-order valence-corrected chi connectivity index (χ3v) is 8.67. The number of aliphatic hydroxyl groups excluding tert-OH is 1. The number of rotatable bonds is 0. The Bertz CT molecular complexity index is 496. The molecule has 4 fully saturated rings. The number of nitrogens with zero attached hydrogens (tertiary/aromatic N) is 1. The first-order valence-corrected chi connectivity index (χ1v) is 9.58. The highest BCUT2D eigenvalue weighted by Gasteiger charge is 2.62. The van der Waals surface area contributed by atoms with Gasteiger partial charge in [0.05, 0.1) is 18.1 Å². The van der Waals surface area contributed by atoms with E-state index in [0.29, 0.717) is 23.2 Å². The van der Waals surface area contributed by atoms with Crippen LogP contribution in [0.25, 0.3) is 0 Å². The zero-order valence-electron chi connectivity index (χ0n) is 14.2. The fourth-order valence-corrected chi connectivity index (χ4v) is 7.63. The summed E-state index contributed by atoms with van der Waals surface area (Å²) < 4.78 is 0. The van der Waals surface area contributed by atoms with Crippen molar-refractivity contribution in [2.24, 2.45) is 40.4 Å². The van der Waals surface area contributed by atoms with Crippen molar-refractivity contribution < 1.29 is 5.11 Å². The molecule has 0 aliphatic heterocycles. The first-order valence-electron chi connectivity index (χ1n) is 9.58. The zero-order chi connectivity index (χ0) is 15.5. The SMILES string of the molecule is C[C@]12CCCC[C@@H]1CC[C@@H]1[C@@H]2[C@@H](O)C[C@]2(C)[C@@H](C#N)CC[C@@H]12. The van der Waals surface area contributed by atoms with Crippen LogP contribution in [0.15, 0.2) is 0 Å². The van der Waals surface area contributed by atoms with E-state index in [-0.39, 0.29) is 17.4 Å². The van der Waals surface area contributed by atoms with E-state index >= 15 is 0 Å². The van der Waals surface area contributed by atoms with E-state index in [1.807, 2.05) is 0 Å². The van der Waals surface area contributed by atoms with Crippen molar-refractivity contribution in [2.75, 3.05) is 0 Å². The Hall–Kier alpha value is -0.550. The molecule has 22 heavy (non-hydrogen) atoms. The molecule has 0 radical (unpaired) electrons. The van der Waals surface area contributed by atoms with E-state index < -0.39 is 0 Å². The Kier molecular flexibility index (Phi) is 3.39. The standard InChI is InChI=1S/C20H31NO/c1-19-10-4-3-5-13(19)6-8-15-16-9-7-14(12-21)20(16,2)11-17(22)18(15)19/h13-18,22H,3-11H2,1-2H3/t13-,14-,15+,16+,17+,18-,19+,20-/m1/s1. The van der Waals surface area contributed by atoms with Gasteiger partial charge in [-0.25, -0.2) is 0 Å². The number of aliphatic hydroxyl groups is 1. The van der Waals surface area contributed by atoms with Crippen LogP contribution in [0, 0.1) is 51.8 Å². The molecule has 0 aromatic rings. The van der Waals surface area contributed by atoms with Gasteiger partial charge in [0.15, 0.2) is 0 Å².